The molecule has 0 atom stereocenters. The third kappa shape index (κ3) is 3.85. The van der Waals surface area contributed by atoms with Gasteiger partial charge in [0, 0.05) is 10.6 Å². The van der Waals surface area contributed by atoms with Gasteiger partial charge >= 0.3 is 0 Å². The van der Waals surface area contributed by atoms with Crippen LogP contribution in [0.2, 0.25) is 10.0 Å². The maximum Gasteiger partial charge on any atom is 0.214 e. The van der Waals surface area contributed by atoms with Gasteiger partial charge in [-0.15, -0.1) is 0 Å². The molecular weight excluding hydrogens is 335 g/mol. The van der Waals surface area contributed by atoms with Crippen LogP contribution in [0.3, 0.4) is 0 Å². The van der Waals surface area contributed by atoms with Crippen molar-refractivity contribution in [3.63, 3.8) is 0 Å². The van der Waals surface area contributed by atoms with Crippen LogP contribution in [0.4, 0.5) is 5.69 Å². The Hall–Kier alpha value is -2.01. The fraction of sp³-hybridized carbons (Fsp3) is 0.118. The van der Waals surface area contributed by atoms with Gasteiger partial charge in [-0.05, 0) is 42.0 Å². The highest BCUT2D eigenvalue weighted by atomic mass is 35.5. The van der Waals surface area contributed by atoms with Crippen molar-refractivity contribution >= 4 is 28.9 Å². The number of oxazole rings is 1. The predicted octanol–water partition coefficient (Wildman–Crippen LogP) is 4.75. The van der Waals surface area contributed by atoms with Crippen molar-refractivity contribution in [3.05, 3.63) is 70.2 Å². The first kappa shape index (κ1) is 15.9. The van der Waals surface area contributed by atoms with E-state index < -0.39 is 0 Å². The highest BCUT2D eigenvalue weighted by Crippen LogP contribution is 2.25. The minimum Gasteiger partial charge on any atom is -0.439 e. The molecular formula is C17H14Cl2N2O2. The molecule has 1 heterocycles. The van der Waals surface area contributed by atoms with Gasteiger partial charge < -0.3 is 14.8 Å². The average Bonchev–Trinajstić information content (AvgIpc) is 3.04. The van der Waals surface area contributed by atoms with Crippen molar-refractivity contribution in [2.75, 3.05) is 5.32 Å². The fourth-order valence-corrected chi connectivity index (χ4v) is 2.43. The van der Waals surface area contributed by atoms with E-state index in [9.17, 15) is 5.11 Å². The van der Waals surface area contributed by atoms with Crippen LogP contribution in [0.25, 0.3) is 11.3 Å². The molecule has 23 heavy (non-hydrogen) atoms. The van der Waals surface area contributed by atoms with Gasteiger partial charge in [0.15, 0.2) is 5.76 Å². The van der Waals surface area contributed by atoms with E-state index in [1.165, 1.54) is 0 Å². The molecule has 3 rings (SSSR count). The van der Waals surface area contributed by atoms with Crippen LogP contribution in [0, 0.1) is 0 Å². The molecule has 0 amide bonds. The Bertz CT molecular complexity index is 801. The molecule has 0 spiro atoms. The number of benzene rings is 2. The molecule has 0 saturated carbocycles. The topological polar surface area (TPSA) is 58.3 Å². The summed E-state index contributed by atoms with van der Waals surface area (Å²) in [5, 5.41) is 13.6. The molecule has 0 aliphatic carbocycles. The van der Waals surface area contributed by atoms with Gasteiger partial charge in [-0.1, -0.05) is 29.3 Å². The Balaban J connectivity index is 1.71. The van der Waals surface area contributed by atoms with Crippen molar-refractivity contribution in [2.24, 2.45) is 0 Å². The lowest BCUT2D eigenvalue weighted by molar-refractivity contribution is 0.282. The van der Waals surface area contributed by atoms with Crippen molar-refractivity contribution in [3.8, 4) is 11.3 Å². The SMILES string of the molecule is OCc1ccc(Cl)c(NCc2ncc(-c3ccc(Cl)cc3)o2)c1. The van der Waals surface area contributed by atoms with Gasteiger partial charge in [0.2, 0.25) is 5.89 Å². The highest BCUT2D eigenvalue weighted by Gasteiger charge is 2.08. The first-order chi connectivity index (χ1) is 11.2. The summed E-state index contributed by atoms with van der Waals surface area (Å²) in [7, 11) is 0. The van der Waals surface area contributed by atoms with Gasteiger partial charge in [-0.2, -0.15) is 0 Å². The molecule has 0 aliphatic heterocycles. The number of rotatable bonds is 5. The Morgan fingerprint density at radius 2 is 1.87 bits per heavy atom. The molecule has 6 heteroatoms. The minimum atomic E-state index is -0.0361. The Morgan fingerprint density at radius 3 is 2.61 bits per heavy atom. The summed E-state index contributed by atoms with van der Waals surface area (Å²) in [6, 6.07) is 12.7. The average molecular weight is 349 g/mol. The number of aromatic nitrogens is 1. The minimum absolute atomic E-state index is 0.0361. The van der Waals surface area contributed by atoms with Gasteiger partial charge in [0.05, 0.1) is 30.1 Å². The summed E-state index contributed by atoms with van der Waals surface area (Å²) < 4.78 is 5.72. The second kappa shape index (κ2) is 7.04. The molecule has 0 saturated heterocycles. The van der Waals surface area contributed by atoms with Gasteiger partial charge in [0.25, 0.3) is 0 Å². The van der Waals surface area contributed by atoms with Gasteiger partial charge in [-0.25, -0.2) is 4.98 Å². The number of aliphatic hydroxyl groups excluding tert-OH is 1. The third-order valence-electron chi connectivity index (χ3n) is 3.33. The number of nitrogens with zero attached hydrogens (tertiary/aromatic N) is 1. The zero-order valence-corrected chi connectivity index (χ0v) is 13.6. The fourth-order valence-electron chi connectivity index (χ4n) is 2.12. The molecule has 118 valence electrons. The lowest BCUT2D eigenvalue weighted by atomic mass is 10.2. The van der Waals surface area contributed by atoms with Crippen LogP contribution in [-0.4, -0.2) is 10.1 Å². The van der Waals surface area contributed by atoms with Crippen LogP contribution in [0.15, 0.2) is 53.1 Å². The molecule has 2 N–H and O–H groups in total. The molecule has 2 aromatic carbocycles. The molecule has 4 nitrogen and oxygen atoms in total. The number of hydrogen-bond acceptors (Lipinski definition) is 4. The first-order valence-corrected chi connectivity index (χ1v) is 7.75. The summed E-state index contributed by atoms with van der Waals surface area (Å²) in [5.74, 6) is 1.22. The number of aliphatic hydroxyl groups is 1. The lowest BCUT2D eigenvalue weighted by Gasteiger charge is -2.08. The maximum atomic E-state index is 9.18. The standard InChI is InChI=1S/C17H14Cl2N2O2/c18-13-4-2-12(3-5-13)16-8-21-17(23-16)9-20-15-7-11(10-22)1-6-14(15)19/h1-8,20,22H,9-10H2. The molecule has 0 radical (unpaired) electrons. The van der Waals surface area contributed by atoms with E-state index in [4.69, 9.17) is 27.6 Å². The third-order valence-corrected chi connectivity index (χ3v) is 3.91. The molecule has 3 aromatic rings. The maximum absolute atomic E-state index is 9.18. The largest absolute Gasteiger partial charge is 0.439 e. The van der Waals surface area contributed by atoms with Gasteiger partial charge in [0.1, 0.15) is 0 Å². The summed E-state index contributed by atoms with van der Waals surface area (Å²) in [5.41, 5.74) is 2.42. The highest BCUT2D eigenvalue weighted by molar-refractivity contribution is 6.33. The quantitative estimate of drug-likeness (QED) is 0.698. The van der Waals surface area contributed by atoms with E-state index in [0.29, 0.717) is 28.2 Å². The van der Waals surface area contributed by atoms with Crippen LogP contribution in [-0.2, 0) is 13.2 Å². The van der Waals surface area contributed by atoms with E-state index in [-0.39, 0.29) is 6.61 Å². The molecule has 0 bridgehead atoms. The van der Waals surface area contributed by atoms with Crippen LogP contribution < -0.4 is 5.32 Å². The summed E-state index contributed by atoms with van der Waals surface area (Å²) in [4.78, 5) is 4.25. The summed E-state index contributed by atoms with van der Waals surface area (Å²) in [6.45, 7) is 0.355. The second-order valence-electron chi connectivity index (χ2n) is 4.95. The second-order valence-corrected chi connectivity index (χ2v) is 5.79. The predicted molar refractivity (Wildman–Crippen MR) is 91.7 cm³/mol. The lowest BCUT2D eigenvalue weighted by Crippen LogP contribution is -2.00. The van der Waals surface area contributed by atoms with Crippen LogP contribution in [0.1, 0.15) is 11.5 Å². The number of nitrogens with one attached hydrogen (secondary N) is 1. The Morgan fingerprint density at radius 1 is 1.09 bits per heavy atom. The van der Waals surface area contributed by atoms with E-state index in [0.717, 1.165) is 16.8 Å². The van der Waals surface area contributed by atoms with Crippen molar-refractivity contribution in [1.82, 2.24) is 4.98 Å². The Labute approximate surface area is 143 Å². The molecule has 1 aromatic heterocycles. The Kier molecular flexibility index (Phi) is 4.86. The molecule has 0 fully saturated rings. The van der Waals surface area contributed by atoms with Gasteiger partial charge in [-0.3, -0.25) is 0 Å². The van der Waals surface area contributed by atoms with E-state index in [1.807, 2.05) is 12.1 Å². The number of hydrogen-bond donors (Lipinski definition) is 2. The normalized spacial score (nSPS) is 10.7. The number of anilines is 1. The van der Waals surface area contributed by atoms with Crippen LogP contribution >= 0.6 is 23.2 Å². The van der Waals surface area contributed by atoms with E-state index in [2.05, 4.69) is 10.3 Å². The van der Waals surface area contributed by atoms with E-state index in [1.54, 1.807) is 36.5 Å². The monoisotopic (exact) mass is 348 g/mol. The van der Waals surface area contributed by atoms with Crippen molar-refractivity contribution in [2.45, 2.75) is 13.2 Å². The number of halogens is 2. The zero-order valence-electron chi connectivity index (χ0n) is 12.1. The van der Waals surface area contributed by atoms with Crippen molar-refractivity contribution in [1.29, 1.82) is 0 Å². The smallest absolute Gasteiger partial charge is 0.214 e. The van der Waals surface area contributed by atoms with Crippen molar-refractivity contribution < 1.29 is 9.52 Å². The molecule has 0 aliphatic rings. The summed E-state index contributed by atoms with van der Waals surface area (Å²) >= 11 is 12.0. The first-order valence-electron chi connectivity index (χ1n) is 6.99. The summed E-state index contributed by atoms with van der Waals surface area (Å²) in [6.07, 6.45) is 1.67. The zero-order chi connectivity index (χ0) is 16.2. The molecule has 0 unspecified atom stereocenters. The van der Waals surface area contributed by atoms with Crippen LogP contribution in [0.5, 0.6) is 0 Å². The van der Waals surface area contributed by atoms with E-state index >= 15 is 0 Å².